The van der Waals surface area contributed by atoms with E-state index in [0.717, 1.165) is 30.2 Å². The van der Waals surface area contributed by atoms with Crippen LogP contribution in [0.2, 0.25) is 0 Å². The molecule has 1 N–H and O–H groups in total. The molecule has 108 valence electrons. The predicted octanol–water partition coefficient (Wildman–Crippen LogP) is 3.77. The van der Waals surface area contributed by atoms with E-state index in [1.165, 1.54) is 6.42 Å². The van der Waals surface area contributed by atoms with Crippen LogP contribution in [-0.2, 0) is 0 Å². The Balaban J connectivity index is 2.78. The van der Waals surface area contributed by atoms with Gasteiger partial charge in [-0.25, -0.2) is 4.98 Å². The van der Waals surface area contributed by atoms with Crippen LogP contribution in [0.15, 0.2) is 0 Å². The monoisotopic (exact) mass is 265 g/mol. The summed E-state index contributed by atoms with van der Waals surface area (Å²) in [5, 5.41) is 3.11. The minimum Gasteiger partial charge on any atom is -0.477 e. The first kappa shape index (κ1) is 15.7. The van der Waals surface area contributed by atoms with Crippen molar-refractivity contribution < 1.29 is 4.74 Å². The zero-order valence-electron chi connectivity index (χ0n) is 13.1. The van der Waals surface area contributed by atoms with Crippen molar-refractivity contribution in [2.45, 2.75) is 53.4 Å². The van der Waals surface area contributed by atoms with E-state index < -0.39 is 0 Å². The van der Waals surface area contributed by atoms with E-state index in [9.17, 15) is 0 Å². The molecule has 1 heterocycles. The highest BCUT2D eigenvalue weighted by Crippen LogP contribution is 2.24. The van der Waals surface area contributed by atoms with Crippen LogP contribution in [-0.4, -0.2) is 23.6 Å². The minimum absolute atomic E-state index is 0.297. The number of hydrogen-bond acceptors (Lipinski definition) is 4. The largest absolute Gasteiger partial charge is 0.477 e. The number of nitrogens with zero attached hydrogens (tertiary/aromatic N) is 2. The van der Waals surface area contributed by atoms with E-state index in [-0.39, 0.29) is 0 Å². The second-order valence-corrected chi connectivity index (χ2v) is 5.65. The average molecular weight is 265 g/mol. The molecule has 0 atom stereocenters. The van der Waals surface area contributed by atoms with Crippen molar-refractivity contribution in [3.05, 3.63) is 11.4 Å². The fourth-order valence-corrected chi connectivity index (χ4v) is 1.82. The first-order valence-corrected chi connectivity index (χ1v) is 7.14. The zero-order valence-corrected chi connectivity index (χ0v) is 13.1. The first-order chi connectivity index (χ1) is 8.95. The Morgan fingerprint density at radius 1 is 1.16 bits per heavy atom. The molecule has 0 saturated heterocycles. The molecular weight excluding hydrogens is 238 g/mol. The van der Waals surface area contributed by atoms with Crippen LogP contribution in [0.4, 0.5) is 5.82 Å². The summed E-state index contributed by atoms with van der Waals surface area (Å²) in [5.74, 6) is 3.41. The van der Waals surface area contributed by atoms with E-state index in [1.807, 2.05) is 14.0 Å². The first-order valence-electron chi connectivity index (χ1n) is 7.14. The van der Waals surface area contributed by atoms with Crippen LogP contribution in [0.25, 0.3) is 0 Å². The standard InChI is InChI=1S/C15H27N3O/c1-10(2)8-7-9-19-15-12(5)14(16-6)17-13(18-15)11(3)4/h10-11H,7-9H2,1-6H3,(H,16,17,18). The lowest BCUT2D eigenvalue weighted by Gasteiger charge is -2.14. The molecule has 0 fully saturated rings. The second-order valence-electron chi connectivity index (χ2n) is 5.65. The zero-order chi connectivity index (χ0) is 14.4. The van der Waals surface area contributed by atoms with Gasteiger partial charge in [0.05, 0.1) is 12.2 Å². The fourth-order valence-electron chi connectivity index (χ4n) is 1.82. The summed E-state index contributed by atoms with van der Waals surface area (Å²) in [4.78, 5) is 9.03. The number of anilines is 1. The summed E-state index contributed by atoms with van der Waals surface area (Å²) in [5.41, 5.74) is 0.983. The summed E-state index contributed by atoms with van der Waals surface area (Å²) < 4.78 is 5.83. The highest BCUT2D eigenvalue weighted by atomic mass is 16.5. The third-order valence-corrected chi connectivity index (χ3v) is 3.04. The van der Waals surface area contributed by atoms with Gasteiger partial charge in [0.1, 0.15) is 11.6 Å². The van der Waals surface area contributed by atoms with E-state index in [4.69, 9.17) is 4.74 Å². The van der Waals surface area contributed by atoms with Gasteiger partial charge in [-0.1, -0.05) is 27.7 Å². The molecule has 1 aromatic heterocycles. The molecule has 1 rings (SSSR count). The molecule has 4 nitrogen and oxygen atoms in total. The smallest absolute Gasteiger partial charge is 0.221 e. The van der Waals surface area contributed by atoms with Gasteiger partial charge in [0.2, 0.25) is 5.88 Å². The Labute approximate surface area is 117 Å². The maximum absolute atomic E-state index is 5.83. The van der Waals surface area contributed by atoms with Gasteiger partial charge >= 0.3 is 0 Å². The highest BCUT2D eigenvalue weighted by molar-refractivity contribution is 5.48. The molecular formula is C15H27N3O. The Hall–Kier alpha value is -1.32. The Bertz CT molecular complexity index is 403. The van der Waals surface area contributed by atoms with Gasteiger partial charge in [-0.3, -0.25) is 0 Å². The van der Waals surface area contributed by atoms with Crippen molar-refractivity contribution in [2.24, 2.45) is 5.92 Å². The molecule has 19 heavy (non-hydrogen) atoms. The molecule has 0 aromatic carbocycles. The van der Waals surface area contributed by atoms with Gasteiger partial charge in [0, 0.05) is 13.0 Å². The molecule has 0 saturated carbocycles. The molecule has 0 amide bonds. The lowest BCUT2D eigenvalue weighted by molar-refractivity contribution is 0.283. The molecule has 0 radical (unpaired) electrons. The van der Waals surface area contributed by atoms with Crippen LogP contribution in [0.3, 0.4) is 0 Å². The van der Waals surface area contributed by atoms with Gasteiger partial charge in [-0.15, -0.1) is 0 Å². The van der Waals surface area contributed by atoms with Crippen molar-refractivity contribution in [1.29, 1.82) is 0 Å². The second kappa shape index (κ2) is 7.31. The van der Waals surface area contributed by atoms with E-state index in [1.54, 1.807) is 0 Å². The number of aromatic nitrogens is 2. The minimum atomic E-state index is 0.297. The van der Waals surface area contributed by atoms with Crippen molar-refractivity contribution in [1.82, 2.24) is 9.97 Å². The number of rotatable bonds is 7. The molecule has 0 aliphatic heterocycles. The van der Waals surface area contributed by atoms with E-state index in [0.29, 0.717) is 17.7 Å². The van der Waals surface area contributed by atoms with Gasteiger partial charge in [-0.05, 0) is 25.7 Å². The lowest BCUT2D eigenvalue weighted by Crippen LogP contribution is -2.09. The summed E-state index contributed by atoms with van der Waals surface area (Å²) in [6.07, 6.45) is 2.24. The summed E-state index contributed by atoms with van der Waals surface area (Å²) in [7, 11) is 1.88. The average Bonchev–Trinajstić information content (AvgIpc) is 2.35. The molecule has 0 bridgehead atoms. The fraction of sp³-hybridized carbons (Fsp3) is 0.733. The third kappa shape index (κ3) is 4.69. The Morgan fingerprint density at radius 2 is 1.84 bits per heavy atom. The van der Waals surface area contributed by atoms with Gasteiger partial charge in [-0.2, -0.15) is 4.98 Å². The maximum Gasteiger partial charge on any atom is 0.221 e. The summed E-state index contributed by atoms with van der Waals surface area (Å²) >= 11 is 0. The van der Waals surface area contributed by atoms with Crippen molar-refractivity contribution >= 4 is 5.82 Å². The Kier molecular flexibility index (Phi) is 6.06. The van der Waals surface area contributed by atoms with Crippen LogP contribution in [0.5, 0.6) is 5.88 Å². The molecule has 0 aliphatic carbocycles. The molecule has 0 aliphatic rings. The Morgan fingerprint density at radius 3 is 2.37 bits per heavy atom. The topological polar surface area (TPSA) is 47.0 Å². The van der Waals surface area contributed by atoms with Crippen LogP contribution in [0.1, 0.15) is 57.8 Å². The van der Waals surface area contributed by atoms with Crippen LogP contribution >= 0.6 is 0 Å². The van der Waals surface area contributed by atoms with Gasteiger partial charge in [0.25, 0.3) is 0 Å². The molecule has 4 heteroatoms. The van der Waals surface area contributed by atoms with Crippen LogP contribution in [0, 0.1) is 12.8 Å². The number of hydrogen-bond donors (Lipinski definition) is 1. The summed E-state index contributed by atoms with van der Waals surface area (Å²) in [6, 6.07) is 0. The van der Waals surface area contributed by atoms with E-state index >= 15 is 0 Å². The normalized spacial score (nSPS) is 11.2. The number of ether oxygens (including phenoxy) is 1. The van der Waals surface area contributed by atoms with Gasteiger partial charge in [0.15, 0.2) is 0 Å². The SMILES string of the molecule is CNc1nc(C(C)C)nc(OCCCC(C)C)c1C. The van der Waals surface area contributed by atoms with Crippen molar-refractivity contribution in [3.63, 3.8) is 0 Å². The predicted molar refractivity (Wildman–Crippen MR) is 80.0 cm³/mol. The lowest BCUT2D eigenvalue weighted by atomic mass is 10.1. The molecule has 1 aromatic rings. The van der Waals surface area contributed by atoms with Gasteiger partial charge < -0.3 is 10.1 Å². The number of nitrogens with one attached hydrogen (secondary N) is 1. The maximum atomic E-state index is 5.83. The van der Waals surface area contributed by atoms with E-state index in [2.05, 4.69) is 43.0 Å². The quantitative estimate of drug-likeness (QED) is 0.762. The highest BCUT2D eigenvalue weighted by Gasteiger charge is 2.13. The molecule has 0 unspecified atom stereocenters. The van der Waals surface area contributed by atoms with Crippen molar-refractivity contribution in [2.75, 3.05) is 19.0 Å². The molecule has 0 spiro atoms. The van der Waals surface area contributed by atoms with Crippen molar-refractivity contribution in [3.8, 4) is 5.88 Å². The van der Waals surface area contributed by atoms with Crippen LogP contribution < -0.4 is 10.1 Å². The third-order valence-electron chi connectivity index (χ3n) is 3.04. The summed E-state index contributed by atoms with van der Waals surface area (Å²) in [6.45, 7) is 11.3.